The normalized spacial score (nSPS) is 18.1. The Hall–Kier alpha value is -1.84. The first kappa shape index (κ1) is 11.6. The van der Waals surface area contributed by atoms with E-state index in [2.05, 4.69) is 4.99 Å². The molecule has 0 aromatic carbocycles. The van der Waals surface area contributed by atoms with Crippen molar-refractivity contribution in [2.45, 2.75) is 20.8 Å². The van der Waals surface area contributed by atoms with Gasteiger partial charge in [-0.15, -0.1) is 0 Å². The Bertz CT molecular complexity index is 489. The van der Waals surface area contributed by atoms with Crippen LogP contribution in [0.15, 0.2) is 27.3 Å². The zero-order chi connectivity index (χ0) is 12.5. The van der Waals surface area contributed by atoms with Gasteiger partial charge in [0.1, 0.15) is 18.1 Å². The van der Waals surface area contributed by atoms with Crippen molar-refractivity contribution in [1.82, 2.24) is 0 Å². The molecule has 1 aromatic rings. The van der Waals surface area contributed by atoms with E-state index in [9.17, 15) is 4.79 Å². The molecule has 1 aromatic heterocycles. The molecule has 0 amide bonds. The average Bonchev–Trinajstić information content (AvgIpc) is 2.86. The maximum Gasteiger partial charge on any atom is 0.195 e. The third-order valence-electron chi connectivity index (χ3n) is 2.31. The van der Waals surface area contributed by atoms with Gasteiger partial charge in [0, 0.05) is 11.5 Å². The van der Waals surface area contributed by atoms with E-state index in [0.717, 1.165) is 11.7 Å². The number of nitrogens with zero attached hydrogens (tertiary/aromatic N) is 1. The fourth-order valence-electron chi connectivity index (χ4n) is 1.47. The molecule has 0 radical (unpaired) electrons. The molecule has 1 aliphatic rings. The summed E-state index contributed by atoms with van der Waals surface area (Å²) in [6.07, 6.45) is 2.43. The molecule has 1 aliphatic heterocycles. The Kier molecular flexibility index (Phi) is 2.88. The van der Waals surface area contributed by atoms with Crippen LogP contribution in [0.3, 0.4) is 0 Å². The van der Waals surface area contributed by atoms with Gasteiger partial charge in [-0.2, -0.15) is 0 Å². The van der Waals surface area contributed by atoms with Crippen molar-refractivity contribution in [3.8, 4) is 0 Å². The average molecular weight is 233 g/mol. The minimum atomic E-state index is -0.0906. The minimum Gasteiger partial charge on any atom is -0.454 e. The number of carbonyl (C=O) groups excluding carboxylic acids is 1. The molecule has 2 rings (SSSR count). The van der Waals surface area contributed by atoms with Crippen molar-refractivity contribution in [2.75, 3.05) is 6.54 Å². The molecule has 17 heavy (non-hydrogen) atoms. The van der Waals surface area contributed by atoms with Crippen LogP contribution >= 0.6 is 0 Å². The second kappa shape index (κ2) is 4.20. The SMILES string of the molecule is CC(C)(C)C1=NC/C(=C/c2ccc(C=O)o2)O1. The Balaban J connectivity index is 2.10. The monoisotopic (exact) mass is 233 g/mol. The summed E-state index contributed by atoms with van der Waals surface area (Å²) in [7, 11) is 0. The Morgan fingerprint density at radius 1 is 1.29 bits per heavy atom. The molecular formula is C13H15NO3. The van der Waals surface area contributed by atoms with Crippen molar-refractivity contribution in [2.24, 2.45) is 10.4 Å². The molecule has 0 N–H and O–H groups in total. The zero-order valence-electron chi connectivity index (χ0n) is 10.2. The molecule has 0 saturated carbocycles. The van der Waals surface area contributed by atoms with Crippen molar-refractivity contribution >= 4 is 18.3 Å². The first-order valence-corrected chi connectivity index (χ1v) is 5.47. The maximum absolute atomic E-state index is 10.5. The third-order valence-corrected chi connectivity index (χ3v) is 2.31. The van der Waals surface area contributed by atoms with Gasteiger partial charge in [-0.25, -0.2) is 4.99 Å². The van der Waals surface area contributed by atoms with Gasteiger partial charge in [0.15, 0.2) is 17.9 Å². The molecule has 4 nitrogen and oxygen atoms in total. The molecule has 0 unspecified atom stereocenters. The molecule has 0 spiro atoms. The predicted molar refractivity (Wildman–Crippen MR) is 64.9 cm³/mol. The summed E-state index contributed by atoms with van der Waals surface area (Å²) in [6, 6.07) is 3.36. The summed E-state index contributed by atoms with van der Waals surface area (Å²) in [5.41, 5.74) is -0.0906. The maximum atomic E-state index is 10.5. The van der Waals surface area contributed by atoms with E-state index in [-0.39, 0.29) is 5.41 Å². The predicted octanol–water partition coefficient (Wildman–Crippen LogP) is 2.91. The van der Waals surface area contributed by atoms with Gasteiger partial charge in [0.2, 0.25) is 0 Å². The standard InChI is InChI=1S/C13H15NO3/c1-13(2,3)12-14-7-11(17-12)6-9-4-5-10(8-15)16-9/h4-6,8H,7H2,1-3H3/b11-6-. The van der Waals surface area contributed by atoms with E-state index in [1.165, 1.54) is 0 Å². The Labute approximate surface area is 100.0 Å². The molecular weight excluding hydrogens is 218 g/mol. The van der Waals surface area contributed by atoms with E-state index < -0.39 is 0 Å². The van der Waals surface area contributed by atoms with Gasteiger partial charge in [-0.05, 0) is 12.1 Å². The lowest BCUT2D eigenvalue weighted by Gasteiger charge is -2.16. The van der Waals surface area contributed by atoms with Crippen LogP contribution in [0.1, 0.15) is 37.1 Å². The number of hydrogen-bond donors (Lipinski definition) is 0. The smallest absolute Gasteiger partial charge is 0.195 e. The first-order valence-electron chi connectivity index (χ1n) is 5.47. The largest absolute Gasteiger partial charge is 0.454 e. The van der Waals surface area contributed by atoms with Gasteiger partial charge in [-0.3, -0.25) is 4.79 Å². The zero-order valence-corrected chi connectivity index (χ0v) is 10.2. The Morgan fingerprint density at radius 3 is 2.53 bits per heavy atom. The highest BCUT2D eigenvalue weighted by Gasteiger charge is 2.26. The van der Waals surface area contributed by atoms with Gasteiger partial charge in [-0.1, -0.05) is 20.8 Å². The second-order valence-electron chi connectivity index (χ2n) is 4.94. The number of furan rings is 1. The van der Waals surface area contributed by atoms with E-state index in [4.69, 9.17) is 9.15 Å². The van der Waals surface area contributed by atoms with Crippen molar-refractivity contribution in [3.05, 3.63) is 29.4 Å². The van der Waals surface area contributed by atoms with Crippen LogP contribution < -0.4 is 0 Å². The third kappa shape index (κ3) is 2.64. The summed E-state index contributed by atoms with van der Waals surface area (Å²) in [5.74, 6) is 2.38. The summed E-state index contributed by atoms with van der Waals surface area (Å²) < 4.78 is 10.9. The first-order chi connectivity index (χ1) is 7.99. The van der Waals surface area contributed by atoms with Crippen molar-refractivity contribution < 1.29 is 13.9 Å². The van der Waals surface area contributed by atoms with E-state index in [0.29, 0.717) is 24.4 Å². The van der Waals surface area contributed by atoms with Gasteiger partial charge >= 0.3 is 0 Å². The van der Waals surface area contributed by atoms with Crippen LogP contribution in [0.2, 0.25) is 0 Å². The fraction of sp³-hybridized carbons (Fsp3) is 0.385. The lowest BCUT2D eigenvalue weighted by molar-refractivity contribution is 0.110. The summed E-state index contributed by atoms with van der Waals surface area (Å²) >= 11 is 0. The highest BCUT2D eigenvalue weighted by Crippen LogP contribution is 2.25. The van der Waals surface area contributed by atoms with E-state index >= 15 is 0 Å². The van der Waals surface area contributed by atoms with Crippen LogP contribution in [0.25, 0.3) is 6.08 Å². The molecule has 90 valence electrons. The summed E-state index contributed by atoms with van der Waals surface area (Å²) in [4.78, 5) is 14.8. The number of rotatable bonds is 2. The van der Waals surface area contributed by atoms with Gasteiger partial charge < -0.3 is 9.15 Å². The number of aldehydes is 1. The highest BCUT2D eigenvalue weighted by atomic mass is 16.5. The number of hydrogen-bond acceptors (Lipinski definition) is 4. The van der Waals surface area contributed by atoms with Crippen molar-refractivity contribution in [1.29, 1.82) is 0 Å². The summed E-state index contributed by atoms with van der Waals surface area (Å²) in [5, 5.41) is 0. The molecule has 0 bridgehead atoms. The quantitative estimate of drug-likeness (QED) is 0.738. The lowest BCUT2D eigenvalue weighted by Crippen LogP contribution is -2.19. The molecule has 0 aliphatic carbocycles. The number of ether oxygens (including phenoxy) is 1. The molecule has 2 heterocycles. The summed E-state index contributed by atoms with van der Waals surface area (Å²) in [6.45, 7) is 6.66. The molecule has 0 saturated heterocycles. The molecule has 4 heteroatoms. The molecule has 0 atom stereocenters. The van der Waals surface area contributed by atoms with E-state index in [1.807, 2.05) is 20.8 Å². The van der Waals surface area contributed by atoms with Crippen LogP contribution in [-0.4, -0.2) is 18.7 Å². The fourth-order valence-corrected chi connectivity index (χ4v) is 1.47. The molecule has 0 fully saturated rings. The van der Waals surface area contributed by atoms with E-state index in [1.54, 1.807) is 18.2 Å². The topological polar surface area (TPSA) is 51.8 Å². The van der Waals surface area contributed by atoms with Crippen LogP contribution in [0.5, 0.6) is 0 Å². The Morgan fingerprint density at radius 2 is 2.00 bits per heavy atom. The van der Waals surface area contributed by atoms with Crippen LogP contribution in [0, 0.1) is 5.41 Å². The van der Waals surface area contributed by atoms with Gasteiger partial charge in [0.25, 0.3) is 0 Å². The second-order valence-corrected chi connectivity index (χ2v) is 4.94. The van der Waals surface area contributed by atoms with Gasteiger partial charge in [0.05, 0.1) is 0 Å². The number of aliphatic imine (C=N–C) groups is 1. The minimum absolute atomic E-state index is 0.0906. The highest BCUT2D eigenvalue weighted by molar-refractivity contribution is 5.85. The van der Waals surface area contributed by atoms with Crippen LogP contribution in [-0.2, 0) is 4.74 Å². The number of carbonyl (C=O) groups is 1. The van der Waals surface area contributed by atoms with Crippen molar-refractivity contribution in [3.63, 3.8) is 0 Å². The lowest BCUT2D eigenvalue weighted by atomic mass is 9.97. The van der Waals surface area contributed by atoms with Crippen LogP contribution in [0.4, 0.5) is 0 Å².